The number of furan rings is 2. The average Bonchev–Trinajstić information content (AvgIpc) is 3.19. The molecule has 20 heavy (non-hydrogen) atoms. The molecule has 0 unspecified atom stereocenters. The molecule has 0 aliphatic rings. The predicted octanol–water partition coefficient (Wildman–Crippen LogP) is 1.98. The molecule has 3 rings (SSSR count). The van der Waals surface area contributed by atoms with E-state index >= 15 is 0 Å². The van der Waals surface area contributed by atoms with Crippen molar-refractivity contribution in [1.29, 1.82) is 0 Å². The van der Waals surface area contributed by atoms with Gasteiger partial charge < -0.3 is 13.6 Å². The van der Waals surface area contributed by atoms with Crippen molar-refractivity contribution in [2.45, 2.75) is 6.55 Å². The number of benzene rings is 1. The lowest BCUT2D eigenvalue weighted by atomic mass is 10.3. The van der Waals surface area contributed by atoms with Crippen LogP contribution in [0.3, 0.4) is 0 Å². The normalized spacial score (nSPS) is 11.5. The van der Waals surface area contributed by atoms with E-state index in [-0.39, 0.29) is 0 Å². The van der Waals surface area contributed by atoms with Crippen molar-refractivity contribution >= 4 is 24.0 Å². The van der Waals surface area contributed by atoms with Crippen LogP contribution < -0.4 is 20.7 Å². The van der Waals surface area contributed by atoms with Gasteiger partial charge in [-0.3, -0.25) is 0 Å². The van der Waals surface area contributed by atoms with Crippen molar-refractivity contribution in [2.24, 2.45) is 0 Å². The summed E-state index contributed by atoms with van der Waals surface area (Å²) >= 11 is 0. The zero-order chi connectivity index (χ0) is 14.0. The van der Waals surface area contributed by atoms with E-state index in [0.29, 0.717) is 0 Å². The first kappa shape index (κ1) is 12.8. The summed E-state index contributed by atoms with van der Waals surface area (Å²) < 4.78 is 16.6. The summed E-state index contributed by atoms with van der Waals surface area (Å²) in [7, 11) is -0.527. The van der Waals surface area contributed by atoms with E-state index in [1.54, 1.807) is 19.6 Å². The smallest absolute Gasteiger partial charge is 0.233 e. The van der Waals surface area contributed by atoms with Crippen molar-refractivity contribution in [3.05, 3.63) is 61.1 Å². The minimum atomic E-state index is -2.20. The van der Waals surface area contributed by atoms with Crippen LogP contribution in [0.4, 0.5) is 0 Å². The Hall–Kier alpha value is -2.20. The number of methoxy groups -OCH3 is 1. The molecule has 0 saturated heterocycles. The maximum Gasteiger partial charge on any atom is 0.233 e. The minimum Gasteiger partial charge on any atom is -0.497 e. The van der Waals surface area contributed by atoms with Gasteiger partial charge >= 0.3 is 0 Å². The fraction of sp³-hybridized carbons (Fsp3) is 0.125. The van der Waals surface area contributed by atoms with Crippen LogP contribution in [0, 0.1) is 0 Å². The Morgan fingerprint density at radius 2 is 1.40 bits per heavy atom. The van der Waals surface area contributed by atoms with E-state index < -0.39 is 8.07 Å². The van der Waals surface area contributed by atoms with Crippen LogP contribution in [-0.4, -0.2) is 15.2 Å². The maximum absolute atomic E-state index is 5.70. The molecule has 4 heteroatoms. The maximum atomic E-state index is 5.70. The highest BCUT2D eigenvalue weighted by atomic mass is 28.3. The molecule has 0 saturated carbocycles. The molecular formula is C16H16O3Si. The zero-order valence-electron chi connectivity index (χ0n) is 11.5. The SMILES string of the molecule is COc1ccc([Si](C)(c2ccco2)c2ccco2)cc1. The van der Waals surface area contributed by atoms with Crippen LogP contribution in [0.5, 0.6) is 5.75 Å². The monoisotopic (exact) mass is 284 g/mol. The summed E-state index contributed by atoms with van der Waals surface area (Å²) in [5, 5.41) is 3.19. The summed E-state index contributed by atoms with van der Waals surface area (Å²) in [6.45, 7) is 2.23. The van der Waals surface area contributed by atoms with Gasteiger partial charge in [-0.25, -0.2) is 0 Å². The highest BCUT2D eigenvalue weighted by molar-refractivity contribution is 7.09. The first-order chi connectivity index (χ1) is 9.75. The molecule has 0 radical (unpaired) electrons. The van der Waals surface area contributed by atoms with Crippen molar-refractivity contribution < 1.29 is 13.6 Å². The van der Waals surface area contributed by atoms with Crippen LogP contribution >= 0.6 is 0 Å². The second kappa shape index (κ2) is 5.05. The first-order valence-corrected chi connectivity index (χ1v) is 8.97. The Kier molecular flexibility index (Phi) is 3.24. The van der Waals surface area contributed by atoms with Crippen LogP contribution in [0.1, 0.15) is 0 Å². The second-order valence-corrected chi connectivity index (χ2v) is 8.62. The van der Waals surface area contributed by atoms with Crippen LogP contribution in [0.25, 0.3) is 0 Å². The lowest BCUT2D eigenvalue weighted by Gasteiger charge is -2.23. The Bertz CT molecular complexity index is 620. The second-order valence-electron chi connectivity index (χ2n) is 4.81. The van der Waals surface area contributed by atoms with Crippen LogP contribution in [0.15, 0.2) is 69.9 Å². The molecule has 2 heterocycles. The van der Waals surface area contributed by atoms with E-state index in [0.717, 1.165) is 16.5 Å². The van der Waals surface area contributed by atoms with Gasteiger partial charge in [0.15, 0.2) is 0 Å². The Morgan fingerprint density at radius 3 is 1.80 bits per heavy atom. The molecule has 102 valence electrons. The zero-order valence-corrected chi connectivity index (χ0v) is 12.5. The topological polar surface area (TPSA) is 35.5 Å². The van der Waals surface area contributed by atoms with Crippen molar-refractivity contribution in [3.8, 4) is 5.75 Å². The van der Waals surface area contributed by atoms with Gasteiger partial charge in [-0.2, -0.15) is 0 Å². The highest BCUT2D eigenvalue weighted by Crippen LogP contribution is 2.12. The molecule has 0 atom stereocenters. The van der Waals surface area contributed by atoms with Gasteiger partial charge in [0.25, 0.3) is 0 Å². The van der Waals surface area contributed by atoms with E-state index in [9.17, 15) is 0 Å². The summed E-state index contributed by atoms with van der Waals surface area (Å²) in [5.41, 5.74) is 0. The van der Waals surface area contributed by atoms with E-state index in [2.05, 4.69) is 18.7 Å². The minimum absolute atomic E-state index is 0.851. The van der Waals surface area contributed by atoms with Gasteiger partial charge in [-0.1, -0.05) is 18.7 Å². The van der Waals surface area contributed by atoms with Gasteiger partial charge in [-0.15, -0.1) is 0 Å². The highest BCUT2D eigenvalue weighted by Gasteiger charge is 2.40. The van der Waals surface area contributed by atoms with Gasteiger partial charge in [0.2, 0.25) is 8.07 Å². The summed E-state index contributed by atoms with van der Waals surface area (Å²) in [6, 6.07) is 16.0. The molecule has 0 bridgehead atoms. The van der Waals surface area contributed by atoms with Crippen molar-refractivity contribution in [1.82, 2.24) is 0 Å². The molecule has 3 nitrogen and oxygen atoms in total. The predicted molar refractivity (Wildman–Crippen MR) is 80.9 cm³/mol. The number of hydrogen-bond acceptors (Lipinski definition) is 3. The molecule has 1 aromatic carbocycles. The third-order valence-electron chi connectivity index (χ3n) is 3.70. The third kappa shape index (κ3) is 1.98. The van der Waals surface area contributed by atoms with Gasteiger partial charge in [-0.05, 0) is 41.6 Å². The standard InChI is InChI=1S/C16H16O3Si/c1-17-13-7-9-14(10-8-13)20(2,15-5-3-11-18-15)16-6-4-12-19-16/h3-12H,1-2H3. The van der Waals surface area contributed by atoms with Crippen LogP contribution in [-0.2, 0) is 0 Å². The van der Waals surface area contributed by atoms with E-state index in [1.807, 2.05) is 36.4 Å². The average molecular weight is 284 g/mol. The third-order valence-corrected chi connectivity index (χ3v) is 7.72. The Labute approximate surface area is 118 Å². The van der Waals surface area contributed by atoms with Gasteiger partial charge in [0.1, 0.15) is 5.75 Å². The van der Waals surface area contributed by atoms with E-state index in [4.69, 9.17) is 13.6 Å². The van der Waals surface area contributed by atoms with Crippen molar-refractivity contribution in [2.75, 3.05) is 7.11 Å². The molecule has 3 aromatic rings. The lowest BCUT2D eigenvalue weighted by Crippen LogP contribution is -2.64. The Balaban J connectivity index is 2.15. The molecule has 0 amide bonds. The largest absolute Gasteiger partial charge is 0.497 e. The molecule has 0 spiro atoms. The van der Waals surface area contributed by atoms with Gasteiger partial charge in [0, 0.05) is 0 Å². The number of rotatable bonds is 4. The Morgan fingerprint density at radius 1 is 0.850 bits per heavy atom. The molecular weight excluding hydrogens is 268 g/mol. The lowest BCUT2D eigenvalue weighted by molar-refractivity contribution is 0.415. The van der Waals surface area contributed by atoms with E-state index in [1.165, 1.54) is 5.19 Å². The summed E-state index contributed by atoms with van der Waals surface area (Å²) in [5.74, 6) is 0.851. The quantitative estimate of drug-likeness (QED) is 0.687. The molecule has 0 fully saturated rings. The fourth-order valence-electron chi connectivity index (χ4n) is 2.46. The van der Waals surface area contributed by atoms with Gasteiger partial charge in [0.05, 0.1) is 30.4 Å². The number of ether oxygens (including phenoxy) is 1. The molecule has 0 N–H and O–H groups in total. The fourth-order valence-corrected chi connectivity index (χ4v) is 5.57. The van der Waals surface area contributed by atoms with Crippen LogP contribution in [0.2, 0.25) is 6.55 Å². The summed E-state index contributed by atoms with van der Waals surface area (Å²) in [4.78, 5) is 0. The number of hydrogen-bond donors (Lipinski definition) is 0. The molecule has 0 aliphatic carbocycles. The molecule has 2 aromatic heterocycles. The molecule has 0 aliphatic heterocycles. The first-order valence-electron chi connectivity index (χ1n) is 6.47. The van der Waals surface area contributed by atoms with Crippen molar-refractivity contribution in [3.63, 3.8) is 0 Å². The summed E-state index contributed by atoms with van der Waals surface area (Å²) in [6.07, 6.45) is 3.43.